The standard InChI is InChI=1S/C10H19/c1-7-10(5,6)9(4)8(2)3/h7,9H,1H2,2-6H3. The third-order valence-electron chi connectivity index (χ3n) is 2.51. The third-order valence-corrected chi connectivity index (χ3v) is 2.51. The lowest BCUT2D eigenvalue weighted by molar-refractivity contribution is 0.322. The van der Waals surface area contributed by atoms with Crippen LogP contribution < -0.4 is 0 Å². The minimum absolute atomic E-state index is 0.249. The van der Waals surface area contributed by atoms with Gasteiger partial charge in [0.25, 0.3) is 0 Å². The van der Waals surface area contributed by atoms with Crippen molar-refractivity contribution in [3.8, 4) is 0 Å². The average Bonchev–Trinajstić information content (AvgIpc) is 1.86. The summed E-state index contributed by atoms with van der Waals surface area (Å²) in [6.07, 6.45) is 2.03. The van der Waals surface area contributed by atoms with Crippen molar-refractivity contribution >= 4 is 0 Å². The molecule has 0 saturated carbocycles. The maximum Gasteiger partial charge on any atom is -0.0147 e. The molecule has 0 aliphatic heterocycles. The third kappa shape index (κ3) is 2.17. The highest BCUT2D eigenvalue weighted by molar-refractivity contribution is 5.00. The number of hydrogen-bond donors (Lipinski definition) is 0. The molecule has 0 spiro atoms. The zero-order valence-electron chi connectivity index (χ0n) is 7.86. The Bertz CT molecular complexity index is 109. The molecular formula is C10H19. The van der Waals surface area contributed by atoms with Gasteiger partial charge in [0.1, 0.15) is 0 Å². The second-order valence-corrected chi connectivity index (χ2v) is 3.82. The molecule has 0 fully saturated rings. The fourth-order valence-electron chi connectivity index (χ4n) is 0.921. The Balaban J connectivity index is 4.17. The van der Waals surface area contributed by atoms with Gasteiger partial charge in [0.2, 0.25) is 0 Å². The van der Waals surface area contributed by atoms with Crippen molar-refractivity contribution in [3.05, 3.63) is 18.6 Å². The number of rotatable bonds is 3. The van der Waals surface area contributed by atoms with Crippen molar-refractivity contribution in [3.63, 3.8) is 0 Å². The fourth-order valence-corrected chi connectivity index (χ4v) is 0.921. The van der Waals surface area contributed by atoms with Gasteiger partial charge in [-0.1, -0.05) is 40.7 Å². The first-order valence-electron chi connectivity index (χ1n) is 3.85. The summed E-state index contributed by atoms with van der Waals surface area (Å²) in [4.78, 5) is 0. The molecule has 0 aliphatic carbocycles. The molecule has 0 nitrogen and oxygen atoms in total. The van der Waals surface area contributed by atoms with E-state index in [4.69, 9.17) is 0 Å². The van der Waals surface area contributed by atoms with Crippen LogP contribution in [0.4, 0.5) is 0 Å². The van der Waals surface area contributed by atoms with Crippen LogP contribution in [-0.4, -0.2) is 0 Å². The van der Waals surface area contributed by atoms with E-state index in [2.05, 4.69) is 41.2 Å². The van der Waals surface area contributed by atoms with Crippen LogP contribution in [0.25, 0.3) is 0 Å². The smallest absolute Gasteiger partial charge is 0.0147 e. The molecule has 0 amide bonds. The van der Waals surface area contributed by atoms with E-state index in [1.165, 1.54) is 5.92 Å². The Kier molecular flexibility index (Phi) is 3.14. The number of hydrogen-bond acceptors (Lipinski definition) is 0. The molecule has 0 saturated heterocycles. The second-order valence-electron chi connectivity index (χ2n) is 3.82. The molecule has 0 aromatic rings. The lowest BCUT2D eigenvalue weighted by Crippen LogP contribution is -2.22. The number of allylic oxidation sites excluding steroid dienone is 1. The lowest BCUT2D eigenvalue weighted by atomic mass is 9.74. The predicted octanol–water partition coefficient (Wildman–Crippen LogP) is 3.45. The van der Waals surface area contributed by atoms with Gasteiger partial charge in [0.15, 0.2) is 0 Å². The molecule has 10 heavy (non-hydrogen) atoms. The maximum atomic E-state index is 3.82. The van der Waals surface area contributed by atoms with Gasteiger partial charge in [-0.15, -0.1) is 6.58 Å². The van der Waals surface area contributed by atoms with Crippen molar-refractivity contribution in [2.24, 2.45) is 11.3 Å². The minimum atomic E-state index is 0.249. The molecule has 1 atom stereocenters. The van der Waals surface area contributed by atoms with Crippen molar-refractivity contribution < 1.29 is 0 Å². The molecule has 1 radical (unpaired) electrons. The molecule has 0 rings (SSSR count). The average molecular weight is 139 g/mol. The Labute approximate surface area is 65.3 Å². The highest BCUT2D eigenvalue weighted by atomic mass is 14.3. The summed E-state index contributed by atoms with van der Waals surface area (Å²) in [5, 5.41) is 0. The molecule has 1 unspecified atom stereocenters. The monoisotopic (exact) mass is 139 g/mol. The summed E-state index contributed by atoms with van der Waals surface area (Å²) in [5.41, 5.74) is 0.249. The molecule has 0 heteroatoms. The Hall–Kier alpha value is -0.260. The van der Waals surface area contributed by atoms with Crippen molar-refractivity contribution in [1.82, 2.24) is 0 Å². The molecule has 0 heterocycles. The minimum Gasteiger partial charge on any atom is -0.103 e. The molecule has 0 N–H and O–H groups in total. The molecule has 0 aromatic carbocycles. The molecule has 0 aliphatic rings. The molecule has 0 bridgehead atoms. The molecule has 59 valence electrons. The largest absolute Gasteiger partial charge is 0.103 e. The van der Waals surface area contributed by atoms with E-state index in [1.54, 1.807) is 0 Å². The first-order valence-corrected chi connectivity index (χ1v) is 3.85. The quantitative estimate of drug-likeness (QED) is 0.525. The zero-order valence-corrected chi connectivity index (χ0v) is 7.86. The first kappa shape index (κ1) is 9.74. The van der Waals surface area contributed by atoms with E-state index >= 15 is 0 Å². The summed E-state index contributed by atoms with van der Waals surface area (Å²) >= 11 is 0. The van der Waals surface area contributed by atoms with E-state index in [9.17, 15) is 0 Å². The summed E-state index contributed by atoms with van der Waals surface area (Å²) in [7, 11) is 0. The molecular weight excluding hydrogens is 120 g/mol. The van der Waals surface area contributed by atoms with E-state index < -0.39 is 0 Å². The van der Waals surface area contributed by atoms with Gasteiger partial charge in [0.05, 0.1) is 0 Å². The second kappa shape index (κ2) is 3.23. The van der Waals surface area contributed by atoms with Crippen LogP contribution in [0, 0.1) is 17.3 Å². The zero-order chi connectivity index (χ0) is 8.36. The van der Waals surface area contributed by atoms with Gasteiger partial charge in [0, 0.05) is 0 Å². The van der Waals surface area contributed by atoms with E-state index in [0.717, 1.165) is 0 Å². The SMILES string of the molecule is C=CC(C)(C)C(C)[C](C)C. The highest BCUT2D eigenvalue weighted by Gasteiger charge is 2.24. The first-order chi connectivity index (χ1) is 4.41. The maximum absolute atomic E-state index is 3.82. The van der Waals surface area contributed by atoms with Crippen LogP contribution in [0.5, 0.6) is 0 Å². The summed E-state index contributed by atoms with van der Waals surface area (Å²) in [5.74, 6) is 2.11. The topological polar surface area (TPSA) is 0 Å². The summed E-state index contributed by atoms with van der Waals surface area (Å²) < 4.78 is 0. The Morgan fingerprint density at radius 1 is 1.40 bits per heavy atom. The van der Waals surface area contributed by atoms with Crippen molar-refractivity contribution in [2.45, 2.75) is 34.6 Å². The fraction of sp³-hybridized carbons (Fsp3) is 0.700. The van der Waals surface area contributed by atoms with E-state index in [-0.39, 0.29) is 5.41 Å². The van der Waals surface area contributed by atoms with Crippen molar-refractivity contribution in [1.29, 1.82) is 0 Å². The normalized spacial score (nSPS) is 15.4. The lowest BCUT2D eigenvalue weighted by Gasteiger charge is -2.30. The van der Waals surface area contributed by atoms with E-state index in [0.29, 0.717) is 5.92 Å². The Morgan fingerprint density at radius 3 is 1.90 bits per heavy atom. The van der Waals surface area contributed by atoms with Gasteiger partial charge in [-0.05, 0) is 17.3 Å². The summed E-state index contributed by atoms with van der Waals surface area (Å²) in [6, 6.07) is 0. The predicted molar refractivity (Wildman–Crippen MR) is 47.7 cm³/mol. The van der Waals surface area contributed by atoms with Gasteiger partial charge in [-0.3, -0.25) is 0 Å². The molecule has 0 aromatic heterocycles. The van der Waals surface area contributed by atoms with Crippen molar-refractivity contribution in [2.75, 3.05) is 0 Å². The summed E-state index contributed by atoms with van der Waals surface area (Å²) in [6.45, 7) is 14.9. The van der Waals surface area contributed by atoms with Crippen LogP contribution >= 0.6 is 0 Å². The van der Waals surface area contributed by atoms with E-state index in [1.807, 2.05) is 6.08 Å². The van der Waals surface area contributed by atoms with Gasteiger partial charge < -0.3 is 0 Å². The van der Waals surface area contributed by atoms with Gasteiger partial charge in [-0.2, -0.15) is 0 Å². The van der Waals surface area contributed by atoms with Crippen LogP contribution in [0.3, 0.4) is 0 Å². The highest BCUT2D eigenvalue weighted by Crippen LogP contribution is 2.33. The van der Waals surface area contributed by atoms with Gasteiger partial charge >= 0.3 is 0 Å². The van der Waals surface area contributed by atoms with Crippen LogP contribution in [-0.2, 0) is 0 Å². The van der Waals surface area contributed by atoms with Crippen LogP contribution in [0.1, 0.15) is 34.6 Å². The van der Waals surface area contributed by atoms with Crippen LogP contribution in [0.2, 0.25) is 0 Å². The Morgan fingerprint density at radius 2 is 1.80 bits per heavy atom. The van der Waals surface area contributed by atoms with Crippen LogP contribution in [0.15, 0.2) is 12.7 Å². The van der Waals surface area contributed by atoms with Gasteiger partial charge in [-0.25, -0.2) is 0 Å².